The van der Waals surface area contributed by atoms with Gasteiger partial charge in [-0.2, -0.15) is 0 Å². The molecule has 4 atom stereocenters. The predicted molar refractivity (Wildman–Crippen MR) is 97.1 cm³/mol. The van der Waals surface area contributed by atoms with Crippen LogP contribution >= 0.6 is 11.8 Å². The van der Waals surface area contributed by atoms with E-state index in [9.17, 15) is 9.59 Å². The number of hydrogen-bond acceptors (Lipinski definition) is 4. The molecule has 4 aliphatic rings. The van der Waals surface area contributed by atoms with E-state index in [2.05, 4.69) is 6.08 Å². The Balaban J connectivity index is 1.52. The van der Waals surface area contributed by atoms with Crippen molar-refractivity contribution in [3.05, 3.63) is 42.0 Å². The van der Waals surface area contributed by atoms with E-state index in [1.165, 1.54) is 10.5 Å². The maximum atomic E-state index is 13.2. The van der Waals surface area contributed by atoms with Crippen molar-refractivity contribution in [3.8, 4) is 0 Å². The summed E-state index contributed by atoms with van der Waals surface area (Å²) in [6.07, 6.45) is 5.96. The second-order valence-electron chi connectivity index (χ2n) is 7.32. The first kappa shape index (κ1) is 15.6. The van der Waals surface area contributed by atoms with E-state index in [0.29, 0.717) is 12.1 Å². The molecule has 0 unspecified atom stereocenters. The minimum absolute atomic E-state index is 0.0168. The fourth-order valence-electron chi connectivity index (χ4n) is 5.12. The molecular formula is C20H21NO3S. The highest BCUT2D eigenvalue weighted by Gasteiger charge is 2.58. The number of fused-ring (bicyclic) bond motifs is 4. The van der Waals surface area contributed by atoms with Crippen molar-refractivity contribution in [2.24, 2.45) is 17.8 Å². The second-order valence-corrected chi connectivity index (χ2v) is 8.68. The van der Waals surface area contributed by atoms with Crippen LogP contribution in [-0.2, 0) is 14.3 Å². The minimum atomic E-state index is -0.225. The number of imide groups is 1. The molecule has 2 heterocycles. The summed E-state index contributed by atoms with van der Waals surface area (Å²) < 4.78 is 6.16. The zero-order valence-corrected chi connectivity index (χ0v) is 14.8. The molecule has 2 aliphatic carbocycles. The van der Waals surface area contributed by atoms with Crippen molar-refractivity contribution >= 4 is 29.3 Å². The van der Waals surface area contributed by atoms with E-state index in [4.69, 9.17) is 4.74 Å². The van der Waals surface area contributed by atoms with Gasteiger partial charge in [0.1, 0.15) is 4.93 Å². The van der Waals surface area contributed by atoms with E-state index in [1.807, 2.05) is 42.1 Å². The summed E-state index contributed by atoms with van der Waals surface area (Å²) in [5, 5.41) is 0. The number of carbonyl (C=O) groups is 2. The number of para-hydroxylation sites is 1. The van der Waals surface area contributed by atoms with Gasteiger partial charge in [-0.15, -0.1) is 11.8 Å². The van der Waals surface area contributed by atoms with Crippen LogP contribution in [0.3, 0.4) is 0 Å². The normalized spacial score (nSPS) is 37.2. The Bertz CT molecular complexity index is 753. The average Bonchev–Trinajstić information content (AvgIpc) is 3.20. The second kappa shape index (κ2) is 5.71. The van der Waals surface area contributed by atoms with Crippen LogP contribution in [0.1, 0.15) is 25.7 Å². The third-order valence-electron chi connectivity index (χ3n) is 6.13. The van der Waals surface area contributed by atoms with Gasteiger partial charge in [0.2, 0.25) is 11.8 Å². The molecule has 1 aromatic carbocycles. The van der Waals surface area contributed by atoms with Gasteiger partial charge in [-0.3, -0.25) is 14.5 Å². The van der Waals surface area contributed by atoms with Crippen molar-refractivity contribution in [3.63, 3.8) is 0 Å². The van der Waals surface area contributed by atoms with E-state index in [0.717, 1.165) is 31.6 Å². The molecule has 4 nitrogen and oxygen atoms in total. The third-order valence-corrected chi connectivity index (χ3v) is 7.53. The fraction of sp³-hybridized carbons (Fsp3) is 0.500. The Morgan fingerprint density at radius 2 is 1.96 bits per heavy atom. The molecule has 25 heavy (non-hydrogen) atoms. The number of carbonyl (C=O) groups excluding carboxylic acids is 2. The van der Waals surface area contributed by atoms with E-state index >= 15 is 0 Å². The van der Waals surface area contributed by atoms with Crippen LogP contribution in [-0.4, -0.2) is 29.1 Å². The Labute approximate surface area is 151 Å². The number of rotatable bonds is 1. The number of thioether (sulfide) groups is 1. The molecule has 0 radical (unpaired) electrons. The lowest BCUT2D eigenvalue weighted by molar-refractivity contribution is -0.123. The van der Waals surface area contributed by atoms with E-state index < -0.39 is 0 Å². The van der Waals surface area contributed by atoms with Gasteiger partial charge in [-0.05, 0) is 49.3 Å². The summed E-state index contributed by atoms with van der Waals surface area (Å²) >= 11 is 1.88. The Morgan fingerprint density at radius 3 is 2.72 bits per heavy atom. The molecule has 1 spiro atoms. The van der Waals surface area contributed by atoms with Crippen LogP contribution in [0.25, 0.3) is 0 Å². The van der Waals surface area contributed by atoms with Gasteiger partial charge in [0.15, 0.2) is 0 Å². The number of amides is 2. The van der Waals surface area contributed by atoms with Crippen LogP contribution in [0.4, 0.5) is 5.69 Å². The monoisotopic (exact) mass is 355 g/mol. The van der Waals surface area contributed by atoms with Crippen LogP contribution < -0.4 is 4.90 Å². The summed E-state index contributed by atoms with van der Waals surface area (Å²) in [4.78, 5) is 27.4. The predicted octanol–water partition coefficient (Wildman–Crippen LogP) is 3.38. The quantitative estimate of drug-likeness (QED) is 0.572. The Hall–Kier alpha value is -1.59. The van der Waals surface area contributed by atoms with Crippen molar-refractivity contribution < 1.29 is 14.3 Å². The lowest BCUT2D eigenvalue weighted by atomic mass is 9.66. The molecule has 0 bridgehead atoms. The number of ether oxygens (including phenoxy) is 1. The van der Waals surface area contributed by atoms with Crippen LogP contribution in [0.15, 0.2) is 42.0 Å². The molecule has 5 heteroatoms. The molecule has 2 saturated heterocycles. The maximum Gasteiger partial charge on any atom is 0.238 e. The number of hydrogen-bond donors (Lipinski definition) is 0. The number of benzene rings is 1. The first-order valence-corrected chi connectivity index (χ1v) is 10.1. The van der Waals surface area contributed by atoms with Crippen LogP contribution in [0.2, 0.25) is 0 Å². The fourth-order valence-corrected chi connectivity index (χ4v) is 6.47. The minimum Gasteiger partial charge on any atom is -0.360 e. The SMILES string of the molecule is O=C1[C@H]2[C@H](CC=C3[C@H]2CCC[C@]32OCCS2)C(=O)N1c1ccccc1. The zero-order valence-electron chi connectivity index (χ0n) is 14.0. The maximum absolute atomic E-state index is 13.2. The van der Waals surface area contributed by atoms with E-state index in [1.54, 1.807) is 0 Å². The molecule has 2 amide bonds. The molecule has 2 aliphatic heterocycles. The molecule has 0 N–H and O–H groups in total. The van der Waals surface area contributed by atoms with Gasteiger partial charge in [0.05, 0.1) is 24.1 Å². The van der Waals surface area contributed by atoms with Gasteiger partial charge < -0.3 is 4.74 Å². The largest absolute Gasteiger partial charge is 0.360 e. The molecule has 1 aromatic rings. The first-order valence-electron chi connectivity index (χ1n) is 9.13. The summed E-state index contributed by atoms with van der Waals surface area (Å²) in [5.41, 5.74) is 1.99. The van der Waals surface area contributed by atoms with Gasteiger partial charge in [0, 0.05) is 5.75 Å². The first-order chi connectivity index (χ1) is 12.2. The van der Waals surface area contributed by atoms with Gasteiger partial charge in [-0.25, -0.2) is 0 Å². The molecule has 3 fully saturated rings. The Morgan fingerprint density at radius 1 is 1.12 bits per heavy atom. The summed E-state index contributed by atoms with van der Waals surface area (Å²) in [6.45, 7) is 0.784. The average molecular weight is 355 g/mol. The van der Waals surface area contributed by atoms with Crippen molar-refractivity contribution in [1.82, 2.24) is 0 Å². The number of nitrogens with zero attached hydrogens (tertiary/aromatic N) is 1. The van der Waals surface area contributed by atoms with E-state index in [-0.39, 0.29) is 34.5 Å². The molecule has 5 rings (SSSR count). The third kappa shape index (κ3) is 2.18. The lowest BCUT2D eigenvalue weighted by Crippen LogP contribution is -2.43. The summed E-state index contributed by atoms with van der Waals surface area (Å²) in [7, 11) is 0. The van der Waals surface area contributed by atoms with Crippen LogP contribution in [0.5, 0.6) is 0 Å². The van der Waals surface area contributed by atoms with Gasteiger partial charge in [0.25, 0.3) is 0 Å². The standard InChI is InChI=1S/C20H21NO3S/c22-18-15-8-9-16-14(7-4-10-20(16)24-11-12-25-20)17(15)19(23)21(18)13-5-2-1-3-6-13/h1-3,5-6,9,14-15,17H,4,7-8,10-12H2/t14-,15+,17-,20-/m1/s1. The zero-order chi connectivity index (χ0) is 17.0. The summed E-state index contributed by atoms with van der Waals surface area (Å²) in [6, 6.07) is 9.35. The highest BCUT2D eigenvalue weighted by atomic mass is 32.2. The molecule has 1 saturated carbocycles. The van der Waals surface area contributed by atoms with Gasteiger partial charge >= 0.3 is 0 Å². The summed E-state index contributed by atoms with van der Waals surface area (Å²) in [5.74, 6) is 0.704. The molecule has 130 valence electrons. The smallest absolute Gasteiger partial charge is 0.238 e. The molecule has 0 aromatic heterocycles. The number of anilines is 1. The molecular weight excluding hydrogens is 334 g/mol. The number of allylic oxidation sites excluding steroid dienone is 1. The van der Waals surface area contributed by atoms with Crippen molar-refractivity contribution in [1.29, 1.82) is 0 Å². The highest BCUT2D eigenvalue weighted by molar-refractivity contribution is 8.00. The van der Waals surface area contributed by atoms with Crippen LogP contribution in [0, 0.1) is 17.8 Å². The Kier molecular flexibility index (Phi) is 3.57. The van der Waals surface area contributed by atoms with Crippen molar-refractivity contribution in [2.45, 2.75) is 30.6 Å². The highest BCUT2D eigenvalue weighted by Crippen LogP contribution is 2.56. The topological polar surface area (TPSA) is 46.6 Å². The lowest BCUT2D eigenvalue weighted by Gasteiger charge is -2.44. The van der Waals surface area contributed by atoms with Gasteiger partial charge in [-0.1, -0.05) is 24.3 Å². The van der Waals surface area contributed by atoms with Crippen molar-refractivity contribution in [2.75, 3.05) is 17.3 Å².